The predicted octanol–water partition coefficient (Wildman–Crippen LogP) is -7.39. The molecule has 0 saturated carbocycles. The minimum Gasteiger partial charge on any atom is -0.547 e. The van der Waals surface area contributed by atoms with Gasteiger partial charge in [-0.05, 0) is 6.42 Å². The van der Waals surface area contributed by atoms with E-state index in [0.29, 0.717) is 12.3 Å². The molecular formula is C16H24NNaO11. The summed E-state index contributed by atoms with van der Waals surface area (Å²) in [5.41, 5.74) is 0. The molecule has 160 valence electrons. The maximum Gasteiger partial charge on any atom is 1.00 e. The van der Waals surface area contributed by atoms with Gasteiger partial charge in [-0.2, -0.15) is 0 Å². The standard InChI is InChI=1S/C16H25NO11.Na/c1-2-3-6-17-7-12(8(19)5(4-18)25-15(7)26-6)27-16-11(22)9(20)10(21)13(28-16)14(23)24;/h5,7-13,15-16,18-22H,2-4H2,1H3,(H,23,24);/q;+1/p-1/t5-,7-,8-,9+,10+,11-,12-,13+,15?,16-;/m1./s1. The molecule has 0 bridgehead atoms. The van der Waals surface area contributed by atoms with Crippen LogP contribution >= 0.6 is 0 Å². The van der Waals surface area contributed by atoms with Crippen LogP contribution in [0.2, 0.25) is 0 Å². The summed E-state index contributed by atoms with van der Waals surface area (Å²) in [5, 5.41) is 60.8. The third-order valence-corrected chi connectivity index (χ3v) is 4.92. The van der Waals surface area contributed by atoms with Gasteiger partial charge in [0.2, 0.25) is 6.29 Å². The van der Waals surface area contributed by atoms with Crippen molar-refractivity contribution in [2.75, 3.05) is 6.61 Å². The molecule has 3 heterocycles. The Kier molecular flexibility index (Phi) is 8.83. The third-order valence-electron chi connectivity index (χ3n) is 4.92. The maximum atomic E-state index is 11.1. The molecule has 0 aromatic rings. The van der Waals surface area contributed by atoms with Crippen LogP contribution in [0.3, 0.4) is 0 Å². The van der Waals surface area contributed by atoms with E-state index < -0.39 is 73.9 Å². The number of aliphatic carboxylic acids is 1. The molecule has 10 atom stereocenters. The third kappa shape index (κ3) is 4.93. The first kappa shape index (κ1) is 24.9. The molecule has 3 aliphatic heterocycles. The number of nitrogens with zero attached hydrogens (tertiary/aromatic N) is 1. The zero-order valence-electron chi connectivity index (χ0n) is 16.0. The summed E-state index contributed by atoms with van der Waals surface area (Å²) in [6, 6.07) is -0.874. The first-order valence-corrected chi connectivity index (χ1v) is 9.02. The molecule has 0 radical (unpaired) electrons. The molecule has 3 rings (SSSR count). The number of hydrogen-bond acceptors (Lipinski definition) is 12. The fourth-order valence-electron chi connectivity index (χ4n) is 3.42. The number of carbonyl (C=O) groups excluding carboxylic acids is 1. The summed E-state index contributed by atoms with van der Waals surface area (Å²) in [5.74, 6) is -1.44. The Morgan fingerprint density at radius 3 is 2.41 bits per heavy atom. The van der Waals surface area contributed by atoms with Crippen LogP contribution < -0.4 is 34.7 Å². The second-order valence-corrected chi connectivity index (χ2v) is 6.91. The van der Waals surface area contributed by atoms with E-state index in [-0.39, 0.29) is 29.6 Å². The second-order valence-electron chi connectivity index (χ2n) is 6.91. The monoisotopic (exact) mass is 429 g/mol. The smallest absolute Gasteiger partial charge is 0.547 e. The molecule has 3 aliphatic rings. The summed E-state index contributed by atoms with van der Waals surface area (Å²) in [6.07, 6.45) is -12.7. The van der Waals surface area contributed by atoms with Gasteiger partial charge in [-0.25, -0.2) is 4.99 Å². The average molecular weight is 429 g/mol. The molecular weight excluding hydrogens is 405 g/mol. The summed E-state index contributed by atoms with van der Waals surface area (Å²) >= 11 is 0. The fraction of sp³-hybridized carbons (Fsp3) is 0.875. The van der Waals surface area contributed by atoms with Crippen molar-refractivity contribution in [2.24, 2.45) is 4.99 Å². The Bertz CT molecular complexity index is 607. The van der Waals surface area contributed by atoms with Crippen molar-refractivity contribution in [3.05, 3.63) is 0 Å². The molecule has 0 spiro atoms. The Balaban J connectivity index is 0.00000300. The summed E-state index contributed by atoms with van der Waals surface area (Å²) in [4.78, 5) is 15.4. The van der Waals surface area contributed by atoms with Crippen molar-refractivity contribution in [1.82, 2.24) is 0 Å². The van der Waals surface area contributed by atoms with Gasteiger partial charge >= 0.3 is 29.6 Å². The van der Waals surface area contributed by atoms with E-state index in [9.17, 15) is 35.4 Å². The van der Waals surface area contributed by atoms with Crippen molar-refractivity contribution in [3.8, 4) is 0 Å². The van der Waals surface area contributed by atoms with Crippen LogP contribution in [0.4, 0.5) is 0 Å². The Labute approximate surface area is 188 Å². The van der Waals surface area contributed by atoms with Crippen LogP contribution in [-0.4, -0.2) is 105 Å². The van der Waals surface area contributed by atoms with Crippen LogP contribution in [0.25, 0.3) is 0 Å². The summed E-state index contributed by atoms with van der Waals surface area (Å²) in [6.45, 7) is 1.35. The normalized spacial score (nSPS) is 44.3. The van der Waals surface area contributed by atoms with Gasteiger partial charge in [0.1, 0.15) is 48.8 Å². The van der Waals surface area contributed by atoms with Crippen LogP contribution in [0, 0.1) is 0 Å². The molecule has 0 aromatic carbocycles. The Morgan fingerprint density at radius 1 is 1.14 bits per heavy atom. The molecule has 0 aromatic heterocycles. The number of carboxylic acids is 1. The molecule has 0 aliphatic carbocycles. The topological polar surface area (TPSA) is 191 Å². The van der Waals surface area contributed by atoms with Crippen molar-refractivity contribution in [2.45, 2.75) is 81.1 Å². The number of aliphatic hydroxyl groups excluding tert-OH is 5. The van der Waals surface area contributed by atoms with Crippen LogP contribution in [0.1, 0.15) is 19.8 Å². The van der Waals surface area contributed by atoms with Crippen molar-refractivity contribution >= 4 is 11.9 Å². The van der Waals surface area contributed by atoms with Crippen LogP contribution in [0.15, 0.2) is 4.99 Å². The first-order valence-electron chi connectivity index (χ1n) is 9.02. The van der Waals surface area contributed by atoms with Gasteiger partial charge < -0.3 is 54.4 Å². The Morgan fingerprint density at radius 2 is 1.83 bits per heavy atom. The quantitative estimate of drug-likeness (QED) is 0.252. The average Bonchev–Trinajstić information content (AvgIpc) is 3.06. The number of rotatable bonds is 6. The molecule has 1 unspecified atom stereocenters. The molecule has 2 fully saturated rings. The van der Waals surface area contributed by atoms with E-state index >= 15 is 0 Å². The van der Waals surface area contributed by atoms with Gasteiger partial charge in [-0.15, -0.1) is 0 Å². The van der Waals surface area contributed by atoms with Crippen LogP contribution in [-0.2, 0) is 23.7 Å². The number of carboxylic acid groups (broad SMARTS) is 1. The minimum absolute atomic E-state index is 0. The summed E-state index contributed by atoms with van der Waals surface area (Å²) in [7, 11) is 0. The number of ether oxygens (including phenoxy) is 4. The molecule has 13 heteroatoms. The van der Waals surface area contributed by atoms with Gasteiger partial charge in [-0.3, -0.25) is 0 Å². The van der Waals surface area contributed by atoms with Gasteiger partial charge in [0, 0.05) is 6.42 Å². The van der Waals surface area contributed by atoms with Gasteiger partial charge in [0.05, 0.1) is 12.6 Å². The van der Waals surface area contributed by atoms with E-state index in [0.717, 1.165) is 6.42 Å². The molecule has 2 saturated heterocycles. The van der Waals surface area contributed by atoms with Crippen molar-refractivity contribution in [3.63, 3.8) is 0 Å². The van der Waals surface area contributed by atoms with Crippen molar-refractivity contribution < 1.29 is 83.9 Å². The molecule has 29 heavy (non-hydrogen) atoms. The van der Waals surface area contributed by atoms with Gasteiger partial charge in [0.15, 0.2) is 12.2 Å². The van der Waals surface area contributed by atoms with Crippen molar-refractivity contribution in [1.29, 1.82) is 0 Å². The van der Waals surface area contributed by atoms with E-state index in [1.165, 1.54) is 0 Å². The second kappa shape index (κ2) is 10.3. The number of fused-ring (bicyclic) bond motifs is 1. The molecule has 0 amide bonds. The molecule has 12 nitrogen and oxygen atoms in total. The number of hydrogen-bond donors (Lipinski definition) is 5. The van der Waals surface area contributed by atoms with E-state index in [2.05, 4.69) is 4.99 Å². The first-order chi connectivity index (χ1) is 13.3. The van der Waals surface area contributed by atoms with E-state index in [1.54, 1.807) is 0 Å². The Hall–Kier alpha value is -0.380. The minimum atomic E-state index is -1.95. The zero-order valence-corrected chi connectivity index (χ0v) is 18.0. The van der Waals surface area contributed by atoms with Gasteiger partial charge in [-0.1, -0.05) is 6.92 Å². The van der Waals surface area contributed by atoms with E-state index in [1.807, 2.05) is 6.92 Å². The van der Waals surface area contributed by atoms with Gasteiger partial charge in [0.25, 0.3) is 0 Å². The number of aliphatic hydroxyl groups is 5. The number of carbonyl (C=O) groups is 1. The molecule has 5 N–H and O–H groups in total. The SMILES string of the molecule is CCCC1=N[C@H]2C(O1)O[C@H](CO)[C@@H](O)[C@@H]2O[C@@H]1O[C@H](C(=O)[O-])[C@@H](O)[C@H](O)[C@H]1O.[Na+]. The predicted molar refractivity (Wildman–Crippen MR) is 85.5 cm³/mol. The largest absolute Gasteiger partial charge is 1.00 e. The van der Waals surface area contributed by atoms with Crippen LogP contribution in [0.5, 0.6) is 0 Å². The summed E-state index contributed by atoms with van der Waals surface area (Å²) < 4.78 is 21.6. The number of aliphatic imine (C=N–C) groups is 1. The van der Waals surface area contributed by atoms with E-state index in [4.69, 9.17) is 18.9 Å². The zero-order chi connectivity index (χ0) is 20.6. The maximum absolute atomic E-state index is 11.1. The fourth-order valence-corrected chi connectivity index (χ4v) is 3.42.